The lowest BCUT2D eigenvalue weighted by Crippen LogP contribution is -2.10. The van der Waals surface area contributed by atoms with Crippen LogP contribution in [0.25, 0.3) is 22.5 Å². The van der Waals surface area contributed by atoms with Crippen LogP contribution in [0.4, 0.5) is 11.5 Å². The maximum absolute atomic E-state index is 11.0. The number of rotatable bonds is 3. The van der Waals surface area contributed by atoms with E-state index in [-0.39, 0.29) is 18.3 Å². The zero-order valence-electron chi connectivity index (χ0n) is 14.0. The average molecular weight is 355 g/mol. The lowest BCUT2D eigenvalue weighted by Gasteiger charge is -2.09. The third kappa shape index (κ3) is 4.78. The van der Waals surface area contributed by atoms with Gasteiger partial charge in [0.15, 0.2) is 11.6 Å². The van der Waals surface area contributed by atoms with Crippen LogP contribution in [0.1, 0.15) is 6.92 Å². The number of anilines is 2. The Hall–Kier alpha value is -2.92. The third-order valence-electron chi connectivity index (χ3n) is 3.48. The molecule has 25 heavy (non-hydrogen) atoms. The minimum absolute atomic E-state index is 0. The van der Waals surface area contributed by atoms with Crippen LogP contribution >= 0.6 is 12.4 Å². The smallest absolute Gasteiger partial charge is 0.221 e. The Kier molecular flexibility index (Phi) is 6.08. The average Bonchev–Trinajstić information content (AvgIpc) is 3.21. The highest BCUT2D eigenvalue weighted by Crippen LogP contribution is 2.32. The fourth-order valence-electron chi connectivity index (χ4n) is 2.26. The predicted molar refractivity (Wildman–Crippen MR) is 104 cm³/mol. The van der Waals surface area contributed by atoms with E-state index in [1.54, 1.807) is 13.2 Å². The number of hydrogen-bond acceptors (Lipinski definition) is 4. The molecule has 4 rings (SSSR count). The molecule has 2 aromatic rings. The van der Waals surface area contributed by atoms with E-state index < -0.39 is 0 Å². The normalized spacial score (nSPS) is 9.84. The maximum atomic E-state index is 11.0. The molecule has 0 aliphatic heterocycles. The SMILES string of the molecule is CNc1nc(-c2ccccc2)ncc1NC(C)=O.Cl.c1cc2cc-2c1. The van der Waals surface area contributed by atoms with Crippen molar-refractivity contribution in [3.63, 3.8) is 0 Å². The van der Waals surface area contributed by atoms with E-state index in [1.165, 1.54) is 18.1 Å². The number of carbonyl (C=O) groups is 1. The molecule has 0 unspecified atom stereocenters. The molecule has 0 fully saturated rings. The Balaban J connectivity index is 0.000000267. The van der Waals surface area contributed by atoms with Crippen LogP contribution in [0.2, 0.25) is 0 Å². The van der Waals surface area contributed by atoms with Crippen molar-refractivity contribution >= 4 is 29.8 Å². The highest BCUT2D eigenvalue weighted by atomic mass is 35.5. The molecule has 1 heterocycles. The van der Waals surface area contributed by atoms with E-state index in [0.29, 0.717) is 17.3 Å². The van der Waals surface area contributed by atoms with Gasteiger partial charge in [0.2, 0.25) is 5.91 Å². The highest BCUT2D eigenvalue weighted by molar-refractivity contribution is 5.91. The molecule has 1 aromatic carbocycles. The summed E-state index contributed by atoms with van der Waals surface area (Å²) in [5, 5.41) is 5.62. The molecule has 128 valence electrons. The zero-order valence-corrected chi connectivity index (χ0v) is 14.8. The molecular weight excluding hydrogens is 336 g/mol. The molecule has 0 saturated heterocycles. The van der Waals surface area contributed by atoms with Gasteiger partial charge in [-0.1, -0.05) is 48.5 Å². The first-order valence-corrected chi connectivity index (χ1v) is 7.65. The molecule has 1 aromatic heterocycles. The summed E-state index contributed by atoms with van der Waals surface area (Å²) in [5.41, 5.74) is 4.36. The van der Waals surface area contributed by atoms with Gasteiger partial charge in [-0.15, -0.1) is 12.4 Å². The van der Waals surface area contributed by atoms with E-state index in [2.05, 4.69) is 44.9 Å². The van der Waals surface area contributed by atoms with Crippen LogP contribution in [0, 0.1) is 0 Å². The van der Waals surface area contributed by atoms with Crippen molar-refractivity contribution in [3.05, 3.63) is 60.8 Å². The lowest BCUT2D eigenvalue weighted by atomic mass is 10.2. The Morgan fingerprint density at radius 3 is 2.08 bits per heavy atom. The van der Waals surface area contributed by atoms with Gasteiger partial charge in [-0.3, -0.25) is 4.79 Å². The Morgan fingerprint density at radius 2 is 1.60 bits per heavy atom. The molecule has 2 aliphatic carbocycles. The maximum Gasteiger partial charge on any atom is 0.221 e. The van der Waals surface area contributed by atoms with Gasteiger partial charge in [-0.25, -0.2) is 9.97 Å². The molecule has 2 N–H and O–H groups in total. The van der Waals surface area contributed by atoms with E-state index in [9.17, 15) is 4.79 Å². The summed E-state index contributed by atoms with van der Waals surface area (Å²) in [6.45, 7) is 1.45. The summed E-state index contributed by atoms with van der Waals surface area (Å²) in [6, 6.07) is 18.2. The minimum Gasteiger partial charge on any atom is -0.371 e. The Labute approximate surface area is 152 Å². The molecule has 0 spiro atoms. The topological polar surface area (TPSA) is 66.9 Å². The molecule has 0 bridgehead atoms. The van der Waals surface area contributed by atoms with E-state index in [4.69, 9.17) is 0 Å². The monoisotopic (exact) mass is 354 g/mol. The standard InChI is InChI=1S/C13H14N4O.C6H4.ClH/c1-9(18)16-11-8-15-12(17-13(11)14-2)10-6-4-3-5-7-10;1-2-5-4-6(5)3-1;/h3-8H,1-2H3,(H,16,18)(H,14,15,17);1-4H;1H. The molecule has 2 aliphatic rings. The number of carbonyl (C=O) groups excluding carboxylic acids is 1. The van der Waals surface area contributed by atoms with Crippen LogP contribution in [-0.4, -0.2) is 22.9 Å². The van der Waals surface area contributed by atoms with Crippen molar-refractivity contribution < 1.29 is 4.79 Å². The fraction of sp³-hybridized carbons (Fsp3) is 0.105. The van der Waals surface area contributed by atoms with Crippen LogP contribution < -0.4 is 10.6 Å². The van der Waals surface area contributed by atoms with E-state index >= 15 is 0 Å². The lowest BCUT2D eigenvalue weighted by molar-refractivity contribution is -0.114. The van der Waals surface area contributed by atoms with Gasteiger partial charge in [0.05, 0.1) is 6.20 Å². The molecule has 0 atom stereocenters. The summed E-state index contributed by atoms with van der Waals surface area (Å²) in [6.07, 6.45) is 1.60. The first kappa shape index (κ1) is 18.4. The van der Waals surface area contributed by atoms with Gasteiger partial charge < -0.3 is 10.6 Å². The zero-order chi connectivity index (χ0) is 16.9. The van der Waals surface area contributed by atoms with Crippen molar-refractivity contribution in [1.82, 2.24) is 9.97 Å². The van der Waals surface area contributed by atoms with Crippen molar-refractivity contribution in [2.75, 3.05) is 17.7 Å². The van der Waals surface area contributed by atoms with Crippen molar-refractivity contribution in [3.8, 4) is 22.5 Å². The fourth-order valence-corrected chi connectivity index (χ4v) is 2.26. The van der Waals surface area contributed by atoms with Crippen molar-refractivity contribution in [2.24, 2.45) is 0 Å². The second-order valence-electron chi connectivity index (χ2n) is 5.33. The first-order chi connectivity index (χ1) is 11.7. The molecule has 1 amide bonds. The number of fused-ring (bicyclic) bond motifs is 1. The number of benzene rings is 2. The van der Waals surface area contributed by atoms with Gasteiger partial charge in [0.1, 0.15) is 5.69 Å². The molecule has 5 nitrogen and oxygen atoms in total. The quantitative estimate of drug-likeness (QED) is 0.577. The number of nitrogens with zero attached hydrogens (tertiary/aromatic N) is 2. The molecule has 0 saturated carbocycles. The van der Waals surface area contributed by atoms with E-state index in [1.807, 2.05) is 30.3 Å². The largest absolute Gasteiger partial charge is 0.371 e. The summed E-state index contributed by atoms with van der Waals surface area (Å²) in [7, 11) is 1.75. The second kappa shape index (κ2) is 8.26. The van der Waals surface area contributed by atoms with Gasteiger partial charge in [-0.2, -0.15) is 0 Å². The van der Waals surface area contributed by atoms with Crippen molar-refractivity contribution in [2.45, 2.75) is 6.92 Å². The van der Waals surface area contributed by atoms with E-state index in [0.717, 1.165) is 5.56 Å². The van der Waals surface area contributed by atoms with Crippen LogP contribution in [0.3, 0.4) is 0 Å². The van der Waals surface area contributed by atoms with Crippen LogP contribution in [0.15, 0.2) is 60.8 Å². The summed E-state index contributed by atoms with van der Waals surface area (Å²) in [5.74, 6) is 1.07. The molecular formula is C19H19ClN4O. The predicted octanol–water partition coefficient (Wildman–Crippen LogP) is 4.23. The Bertz CT molecular complexity index is 851. The third-order valence-corrected chi connectivity index (χ3v) is 3.48. The molecule has 6 heteroatoms. The molecule has 0 radical (unpaired) electrons. The van der Waals surface area contributed by atoms with Crippen LogP contribution in [-0.2, 0) is 4.79 Å². The second-order valence-corrected chi connectivity index (χ2v) is 5.33. The van der Waals surface area contributed by atoms with Gasteiger partial charge in [-0.05, 0) is 17.2 Å². The van der Waals surface area contributed by atoms with Crippen LogP contribution in [0.5, 0.6) is 0 Å². The highest BCUT2D eigenvalue weighted by Gasteiger charge is 2.08. The number of aromatic nitrogens is 2. The number of nitrogens with one attached hydrogen (secondary N) is 2. The van der Waals surface area contributed by atoms with Crippen molar-refractivity contribution in [1.29, 1.82) is 0 Å². The summed E-state index contributed by atoms with van der Waals surface area (Å²) >= 11 is 0. The number of hydrogen-bond donors (Lipinski definition) is 2. The Morgan fingerprint density at radius 1 is 0.960 bits per heavy atom. The van der Waals surface area contributed by atoms with Gasteiger partial charge in [0.25, 0.3) is 0 Å². The summed E-state index contributed by atoms with van der Waals surface area (Å²) in [4.78, 5) is 19.7. The number of amides is 1. The van der Waals surface area contributed by atoms with Gasteiger partial charge in [0, 0.05) is 19.5 Å². The summed E-state index contributed by atoms with van der Waals surface area (Å²) < 4.78 is 0. The first-order valence-electron chi connectivity index (χ1n) is 7.65. The minimum atomic E-state index is -0.150. The number of halogens is 1. The van der Waals surface area contributed by atoms with Gasteiger partial charge >= 0.3 is 0 Å².